The first-order valence-electron chi connectivity index (χ1n) is 12.4. The van der Waals surface area contributed by atoms with Gasteiger partial charge in [-0.25, -0.2) is 9.79 Å². The summed E-state index contributed by atoms with van der Waals surface area (Å²) in [5.41, 5.74) is 2.87. The van der Waals surface area contributed by atoms with Crippen molar-refractivity contribution in [1.29, 1.82) is 0 Å². The monoisotopic (exact) mass is 656 g/mol. The molecule has 1 unspecified atom stereocenters. The van der Waals surface area contributed by atoms with Crippen LogP contribution in [0.25, 0.3) is 6.08 Å². The highest BCUT2D eigenvalue weighted by atomic mass is 79.9. The Balaban J connectivity index is 1.60. The standard InChI is InChI=1S/C30H23BrCl2N2O4S/c1-3-38-29(37)26-17(2)34-30-35(27(26)18-7-5-4-6-8-18)28(36)25(40-30)14-20-13-21(31)10-12-24(20)39-16-19-9-11-22(32)15-23(19)33/h4-15,27H,3,16H2,1-2H3/b25-14+. The zero-order valence-electron chi connectivity index (χ0n) is 21.5. The summed E-state index contributed by atoms with van der Waals surface area (Å²) in [5, 5.41) is 1.05. The van der Waals surface area contributed by atoms with Gasteiger partial charge < -0.3 is 9.47 Å². The molecule has 40 heavy (non-hydrogen) atoms. The maximum Gasteiger partial charge on any atom is 0.338 e. The van der Waals surface area contributed by atoms with E-state index in [9.17, 15) is 9.59 Å². The third kappa shape index (κ3) is 5.81. The molecule has 1 atom stereocenters. The Kier molecular flexibility index (Phi) is 8.61. The van der Waals surface area contributed by atoms with E-state index in [4.69, 9.17) is 32.7 Å². The number of hydrogen-bond donors (Lipinski definition) is 0. The third-order valence-electron chi connectivity index (χ3n) is 6.29. The van der Waals surface area contributed by atoms with Gasteiger partial charge in [-0.2, -0.15) is 0 Å². The number of fused-ring (bicyclic) bond motifs is 1. The quantitative estimate of drug-likeness (QED) is 0.214. The van der Waals surface area contributed by atoms with E-state index in [1.807, 2.05) is 54.6 Å². The number of carbonyl (C=O) groups is 1. The van der Waals surface area contributed by atoms with Crippen LogP contribution in [0.3, 0.4) is 0 Å². The summed E-state index contributed by atoms with van der Waals surface area (Å²) in [4.78, 5) is 32.1. The minimum absolute atomic E-state index is 0.217. The lowest BCUT2D eigenvalue weighted by atomic mass is 9.96. The molecule has 0 saturated heterocycles. The molecule has 10 heteroatoms. The van der Waals surface area contributed by atoms with E-state index >= 15 is 0 Å². The van der Waals surface area contributed by atoms with Crippen molar-refractivity contribution in [2.45, 2.75) is 26.5 Å². The molecule has 0 aliphatic carbocycles. The SMILES string of the molecule is CCOC(=O)C1=C(C)N=c2s/c(=C/c3cc(Br)ccc3OCc3ccc(Cl)cc3Cl)c(=O)n2C1c1ccccc1. The third-order valence-corrected chi connectivity index (χ3v) is 8.35. The molecule has 1 aliphatic rings. The van der Waals surface area contributed by atoms with Crippen LogP contribution in [0, 0.1) is 0 Å². The van der Waals surface area contributed by atoms with E-state index in [0.717, 1.165) is 15.6 Å². The van der Waals surface area contributed by atoms with E-state index in [0.29, 0.717) is 42.0 Å². The number of esters is 1. The second kappa shape index (κ2) is 12.1. The highest BCUT2D eigenvalue weighted by molar-refractivity contribution is 9.10. The van der Waals surface area contributed by atoms with Crippen molar-refractivity contribution in [1.82, 2.24) is 4.57 Å². The average molecular weight is 658 g/mol. The van der Waals surface area contributed by atoms with Crippen molar-refractivity contribution in [3.05, 3.63) is 129 Å². The van der Waals surface area contributed by atoms with Crippen LogP contribution in [0.2, 0.25) is 10.0 Å². The summed E-state index contributed by atoms with van der Waals surface area (Å²) in [5.74, 6) is 0.0819. The predicted octanol–water partition coefficient (Wildman–Crippen LogP) is 6.45. The predicted molar refractivity (Wildman–Crippen MR) is 162 cm³/mol. The smallest absolute Gasteiger partial charge is 0.338 e. The highest BCUT2D eigenvalue weighted by Gasteiger charge is 2.33. The van der Waals surface area contributed by atoms with Gasteiger partial charge in [0.2, 0.25) is 0 Å². The second-order valence-electron chi connectivity index (χ2n) is 8.92. The zero-order valence-corrected chi connectivity index (χ0v) is 25.4. The van der Waals surface area contributed by atoms with E-state index in [2.05, 4.69) is 20.9 Å². The number of benzene rings is 3. The first-order chi connectivity index (χ1) is 19.3. The van der Waals surface area contributed by atoms with Crippen LogP contribution in [-0.2, 0) is 16.1 Å². The molecule has 1 aliphatic heterocycles. The molecule has 0 spiro atoms. The second-order valence-corrected chi connectivity index (χ2v) is 11.7. The molecule has 0 saturated carbocycles. The van der Waals surface area contributed by atoms with Gasteiger partial charge >= 0.3 is 5.97 Å². The number of carbonyl (C=O) groups excluding carboxylic acids is 1. The lowest BCUT2D eigenvalue weighted by Crippen LogP contribution is -2.39. The Labute approximate surface area is 252 Å². The van der Waals surface area contributed by atoms with Crippen molar-refractivity contribution in [2.24, 2.45) is 4.99 Å². The Hall–Kier alpha value is -3.17. The first kappa shape index (κ1) is 28.4. The largest absolute Gasteiger partial charge is 0.488 e. The van der Waals surface area contributed by atoms with Gasteiger partial charge in [0.15, 0.2) is 4.80 Å². The fraction of sp³-hybridized carbons (Fsp3) is 0.167. The fourth-order valence-electron chi connectivity index (χ4n) is 4.44. The molecule has 3 aromatic carbocycles. The molecule has 0 amide bonds. The Morgan fingerprint density at radius 2 is 1.90 bits per heavy atom. The van der Waals surface area contributed by atoms with Gasteiger partial charge in [0, 0.05) is 25.6 Å². The lowest BCUT2D eigenvalue weighted by molar-refractivity contribution is -0.139. The summed E-state index contributed by atoms with van der Waals surface area (Å²) in [6, 6.07) is 19.6. The van der Waals surface area contributed by atoms with Gasteiger partial charge in [0.1, 0.15) is 12.4 Å². The minimum atomic E-state index is -0.663. The van der Waals surface area contributed by atoms with Crippen LogP contribution in [-0.4, -0.2) is 17.1 Å². The number of nitrogens with zero attached hydrogens (tertiary/aromatic N) is 2. The number of thiazole rings is 1. The Morgan fingerprint density at radius 1 is 1.12 bits per heavy atom. The number of aromatic nitrogens is 1. The maximum atomic E-state index is 13.9. The number of halogens is 3. The molecule has 0 fully saturated rings. The molecule has 0 bridgehead atoms. The van der Waals surface area contributed by atoms with Crippen LogP contribution < -0.4 is 19.6 Å². The zero-order chi connectivity index (χ0) is 28.4. The molecular formula is C30H23BrCl2N2O4S. The van der Waals surface area contributed by atoms with Crippen LogP contribution in [0.1, 0.15) is 36.6 Å². The molecule has 0 N–H and O–H groups in total. The molecule has 6 nitrogen and oxygen atoms in total. The molecule has 204 valence electrons. The van der Waals surface area contributed by atoms with E-state index in [1.54, 1.807) is 36.6 Å². The molecule has 0 radical (unpaired) electrons. The van der Waals surface area contributed by atoms with Gasteiger partial charge in [-0.3, -0.25) is 9.36 Å². The normalized spacial score (nSPS) is 15.0. The summed E-state index contributed by atoms with van der Waals surface area (Å²) in [6.45, 7) is 3.95. The Morgan fingerprint density at radius 3 is 2.62 bits per heavy atom. The lowest BCUT2D eigenvalue weighted by Gasteiger charge is -2.24. The van der Waals surface area contributed by atoms with Gasteiger partial charge in [-0.05, 0) is 55.8 Å². The van der Waals surface area contributed by atoms with Crippen molar-refractivity contribution in [3.8, 4) is 5.75 Å². The van der Waals surface area contributed by atoms with E-state index in [-0.39, 0.29) is 18.8 Å². The van der Waals surface area contributed by atoms with Crippen LogP contribution >= 0.6 is 50.5 Å². The van der Waals surface area contributed by atoms with Crippen LogP contribution in [0.5, 0.6) is 5.75 Å². The van der Waals surface area contributed by atoms with Crippen molar-refractivity contribution in [3.63, 3.8) is 0 Å². The van der Waals surface area contributed by atoms with Crippen LogP contribution in [0.15, 0.2) is 92.3 Å². The summed E-state index contributed by atoms with van der Waals surface area (Å²) in [6.07, 6.45) is 1.78. The van der Waals surface area contributed by atoms with Gasteiger partial charge in [0.25, 0.3) is 5.56 Å². The molecule has 5 rings (SSSR count). The van der Waals surface area contributed by atoms with Gasteiger partial charge in [-0.1, -0.05) is 86.9 Å². The highest BCUT2D eigenvalue weighted by Crippen LogP contribution is 2.31. The fourth-order valence-corrected chi connectivity index (χ4v) is 6.32. The van der Waals surface area contributed by atoms with Crippen molar-refractivity contribution in [2.75, 3.05) is 6.61 Å². The number of ether oxygens (including phenoxy) is 2. The summed E-state index contributed by atoms with van der Waals surface area (Å²) < 4.78 is 14.3. The average Bonchev–Trinajstić information content (AvgIpc) is 3.23. The van der Waals surface area contributed by atoms with Crippen molar-refractivity contribution < 1.29 is 14.3 Å². The Bertz CT molecular complexity index is 1820. The first-order valence-corrected chi connectivity index (χ1v) is 14.7. The molecular weight excluding hydrogens is 635 g/mol. The molecule has 4 aromatic rings. The number of hydrogen-bond acceptors (Lipinski definition) is 6. The molecule has 1 aromatic heterocycles. The van der Waals surface area contributed by atoms with Gasteiger partial charge in [0.05, 0.1) is 28.5 Å². The van der Waals surface area contributed by atoms with E-state index < -0.39 is 12.0 Å². The minimum Gasteiger partial charge on any atom is -0.488 e. The van der Waals surface area contributed by atoms with Gasteiger partial charge in [-0.15, -0.1) is 0 Å². The van der Waals surface area contributed by atoms with Crippen molar-refractivity contribution >= 4 is 62.5 Å². The topological polar surface area (TPSA) is 69.9 Å². The van der Waals surface area contributed by atoms with Crippen LogP contribution in [0.4, 0.5) is 0 Å². The number of rotatable bonds is 7. The summed E-state index contributed by atoms with van der Waals surface area (Å²) >= 11 is 17.1. The number of allylic oxidation sites excluding steroid dienone is 1. The maximum absolute atomic E-state index is 13.9. The molecule has 2 heterocycles. The summed E-state index contributed by atoms with van der Waals surface area (Å²) in [7, 11) is 0. The van der Waals surface area contributed by atoms with E-state index in [1.165, 1.54) is 11.3 Å².